The zero-order valence-electron chi connectivity index (χ0n) is 18.8. The highest BCUT2D eigenvalue weighted by atomic mass is 16.5. The van der Waals surface area contributed by atoms with Gasteiger partial charge in [-0.15, -0.1) is 0 Å². The zero-order chi connectivity index (χ0) is 23.5. The van der Waals surface area contributed by atoms with Crippen molar-refractivity contribution in [2.45, 2.75) is 19.4 Å². The molecule has 2 N–H and O–H groups in total. The van der Waals surface area contributed by atoms with Crippen molar-refractivity contribution < 1.29 is 19.1 Å². The first-order valence-electron chi connectivity index (χ1n) is 11.2. The summed E-state index contributed by atoms with van der Waals surface area (Å²) in [5, 5.41) is 3.97. The first-order valence-corrected chi connectivity index (χ1v) is 11.2. The summed E-state index contributed by atoms with van der Waals surface area (Å²) in [6.45, 7) is 2.42. The van der Waals surface area contributed by atoms with Crippen LogP contribution in [0.15, 0.2) is 79.0 Å². The monoisotopic (exact) mass is 455 g/mol. The Morgan fingerprint density at radius 2 is 1.88 bits per heavy atom. The molecule has 7 nitrogen and oxygen atoms in total. The molecule has 7 heteroatoms. The molecule has 0 spiro atoms. The van der Waals surface area contributed by atoms with E-state index in [4.69, 9.17) is 9.47 Å². The maximum atomic E-state index is 12.9. The van der Waals surface area contributed by atoms with Crippen molar-refractivity contribution >= 4 is 34.1 Å². The Kier molecular flexibility index (Phi) is 5.91. The quantitative estimate of drug-likeness (QED) is 0.429. The van der Waals surface area contributed by atoms with E-state index in [0.29, 0.717) is 30.3 Å². The van der Waals surface area contributed by atoms with Crippen LogP contribution in [0.3, 0.4) is 0 Å². The van der Waals surface area contributed by atoms with Gasteiger partial charge in [-0.2, -0.15) is 0 Å². The number of rotatable bonds is 7. The number of fused-ring (bicyclic) bond motifs is 2. The number of nitrogens with zero attached hydrogens (tertiary/aromatic N) is 1. The Balaban J connectivity index is 1.30. The number of benzene rings is 3. The molecular formula is C27H25N3O4. The third-order valence-electron chi connectivity index (χ3n) is 5.80. The van der Waals surface area contributed by atoms with E-state index in [2.05, 4.69) is 10.3 Å². The van der Waals surface area contributed by atoms with Gasteiger partial charge in [0.2, 0.25) is 5.91 Å². The molecule has 1 aliphatic heterocycles. The molecule has 1 unspecified atom stereocenters. The Hall–Kier alpha value is -4.26. The predicted octanol–water partition coefficient (Wildman–Crippen LogP) is 4.54. The average Bonchev–Trinajstić information content (AvgIpc) is 3.25. The van der Waals surface area contributed by atoms with Crippen LogP contribution in [0.1, 0.15) is 12.5 Å². The number of nitrogens with one attached hydrogen (secondary N) is 2. The van der Waals surface area contributed by atoms with Crippen LogP contribution in [0, 0.1) is 0 Å². The molecule has 0 radical (unpaired) electrons. The largest absolute Gasteiger partial charge is 0.492 e. The molecule has 2 heterocycles. The fourth-order valence-corrected chi connectivity index (χ4v) is 4.14. The minimum atomic E-state index is -0.591. The molecule has 34 heavy (non-hydrogen) atoms. The number of hydrogen-bond donors (Lipinski definition) is 2. The standard InChI is InChI=1S/C27H25N3O4/c1-18-27(32)30(13-14-33-21-7-3-2-4-8-21)24-16-20(11-12-25(24)34-18)29-26(31)15-19-17-28-23-10-6-5-9-22(19)23/h2-12,16-18,28H,13-15H2,1H3,(H,29,31). The first-order chi connectivity index (χ1) is 16.6. The fourth-order valence-electron chi connectivity index (χ4n) is 4.14. The van der Waals surface area contributed by atoms with Crippen molar-refractivity contribution in [2.24, 2.45) is 0 Å². The van der Waals surface area contributed by atoms with Crippen LogP contribution in [0.25, 0.3) is 10.9 Å². The molecule has 0 aliphatic carbocycles. The van der Waals surface area contributed by atoms with Gasteiger partial charge in [0.15, 0.2) is 6.10 Å². The van der Waals surface area contributed by atoms with Gasteiger partial charge in [0.1, 0.15) is 18.1 Å². The molecule has 0 bridgehead atoms. The number of H-pyrrole nitrogens is 1. The molecule has 1 aromatic heterocycles. The summed E-state index contributed by atoms with van der Waals surface area (Å²) in [6, 6.07) is 22.7. The topological polar surface area (TPSA) is 83.7 Å². The van der Waals surface area contributed by atoms with E-state index in [1.807, 2.05) is 60.8 Å². The first kappa shape index (κ1) is 21.6. The molecule has 0 saturated heterocycles. The Morgan fingerprint density at radius 1 is 1.09 bits per heavy atom. The Bertz CT molecular complexity index is 1330. The maximum Gasteiger partial charge on any atom is 0.267 e. The number of ether oxygens (including phenoxy) is 2. The highest BCUT2D eigenvalue weighted by Gasteiger charge is 2.31. The summed E-state index contributed by atoms with van der Waals surface area (Å²) < 4.78 is 11.6. The summed E-state index contributed by atoms with van der Waals surface area (Å²) in [5.74, 6) is 1.06. The molecule has 1 aliphatic rings. The van der Waals surface area contributed by atoms with Gasteiger partial charge in [-0.1, -0.05) is 36.4 Å². The maximum absolute atomic E-state index is 12.9. The highest BCUT2D eigenvalue weighted by Crippen LogP contribution is 2.36. The van der Waals surface area contributed by atoms with Crippen molar-refractivity contribution in [3.05, 3.63) is 84.6 Å². The molecular weight excluding hydrogens is 430 g/mol. The van der Waals surface area contributed by atoms with E-state index < -0.39 is 6.10 Å². The molecule has 5 rings (SSSR count). The van der Waals surface area contributed by atoms with E-state index >= 15 is 0 Å². The number of carbonyl (C=O) groups is 2. The normalized spacial score (nSPS) is 15.0. The highest BCUT2D eigenvalue weighted by molar-refractivity contribution is 6.01. The lowest BCUT2D eigenvalue weighted by Gasteiger charge is -2.33. The zero-order valence-corrected chi connectivity index (χ0v) is 18.8. The molecule has 0 saturated carbocycles. The molecule has 172 valence electrons. The third-order valence-corrected chi connectivity index (χ3v) is 5.80. The molecule has 0 fully saturated rings. The van der Waals surface area contributed by atoms with Gasteiger partial charge in [0.05, 0.1) is 18.7 Å². The number of hydrogen-bond acceptors (Lipinski definition) is 4. The lowest BCUT2D eigenvalue weighted by molar-refractivity contribution is -0.125. The van der Waals surface area contributed by atoms with E-state index in [0.717, 1.165) is 22.2 Å². The second-order valence-electron chi connectivity index (χ2n) is 8.18. The van der Waals surface area contributed by atoms with E-state index in [1.54, 1.807) is 30.0 Å². The Labute approximate surface area is 197 Å². The lowest BCUT2D eigenvalue weighted by Crippen LogP contribution is -2.46. The third kappa shape index (κ3) is 4.45. The second-order valence-corrected chi connectivity index (χ2v) is 8.18. The summed E-state index contributed by atoms with van der Waals surface area (Å²) in [7, 11) is 0. The molecule has 3 aromatic carbocycles. The predicted molar refractivity (Wildman–Crippen MR) is 131 cm³/mol. The smallest absolute Gasteiger partial charge is 0.267 e. The van der Waals surface area contributed by atoms with E-state index in [9.17, 15) is 9.59 Å². The van der Waals surface area contributed by atoms with Crippen LogP contribution in [0.5, 0.6) is 11.5 Å². The van der Waals surface area contributed by atoms with Gasteiger partial charge in [-0.3, -0.25) is 9.59 Å². The number of aromatic amines is 1. The SMILES string of the molecule is CC1Oc2ccc(NC(=O)Cc3c[nH]c4ccccc34)cc2N(CCOc2ccccc2)C1=O. The van der Waals surface area contributed by atoms with Crippen molar-refractivity contribution in [1.29, 1.82) is 0 Å². The van der Waals surface area contributed by atoms with Crippen molar-refractivity contribution in [1.82, 2.24) is 4.98 Å². The van der Waals surface area contributed by atoms with Crippen molar-refractivity contribution in [3.63, 3.8) is 0 Å². The number of aromatic nitrogens is 1. The summed E-state index contributed by atoms with van der Waals surface area (Å²) in [6.07, 6.45) is 1.51. The van der Waals surface area contributed by atoms with E-state index in [1.165, 1.54) is 0 Å². The van der Waals surface area contributed by atoms with Crippen molar-refractivity contribution in [2.75, 3.05) is 23.4 Å². The van der Waals surface area contributed by atoms with Crippen LogP contribution in [0.2, 0.25) is 0 Å². The number of para-hydroxylation sites is 2. The van der Waals surface area contributed by atoms with Crippen LogP contribution in [-0.4, -0.2) is 36.1 Å². The van der Waals surface area contributed by atoms with E-state index in [-0.39, 0.29) is 18.2 Å². The van der Waals surface area contributed by atoms with Gasteiger partial charge in [0, 0.05) is 22.8 Å². The van der Waals surface area contributed by atoms with Gasteiger partial charge in [0.25, 0.3) is 5.91 Å². The summed E-state index contributed by atoms with van der Waals surface area (Å²) >= 11 is 0. The minimum Gasteiger partial charge on any atom is -0.492 e. The summed E-state index contributed by atoms with van der Waals surface area (Å²) in [5.41, 5.74) is 3.14. The molecule has 4 aromatic rings. The van der Waals surface area contributed by atoms with Gasteiger partial charge < -0.3 is 24.7 Å². The van der Waals surface area contributed by atoms with Crippen molar-refractivity contribution in [3.8, 4) is 11.5 Å². The average molecular weight is 456 g/mol. The fraction of sp³-hybridized carbons (Fsp3) is 0.185. The second kappa shape index (κ2) is 9.31. The molecule has 1 atom stereocenters. The van der Waals surface area contributed by atoms with Gasteiger partial charge >= 0.3 is 0 Å². The Morgan fingerprint density at radius 3 is 2.74 bits per heavy atom. The summed E-state index contributed by atoms with van der Waals surface area (Å²) in [4.78, 5) is 30.5. The minimum absolute atomic E-state index is 0.139. The van der Waals surface area contributed by atoms with Crippen LogP contribution in [0.4, 0.5) is 11.4 Å². The van der Waals surface area contributed by atoms with Crippen LogP contribution >= 0.6 is 0 Å². The number of amides is 2. The van der Waals surface area contributed by atoms with Gasteiger partial charge in [-0.05, 0) is 48.9 Å². The number of carbonyl (C=O) groups excluding carboxylic acids is 2. The molecule has 2 amide bonds. The number of anilines is 2. The van der Waals surface area contributed by atoms with Crippen LogP contribution in [-0.2, 0) is 16.0 Å². The van der Waals surface area contributed by atoms with Crippen LogP contribution < -0.4 is 19.7 Å². The lowest BCUT2D eigenvalue weighted by atomic mass is 10.1. The van der Waals surface area contributed by atoms with Gasteiger partial charge in [-0.25, -0.2) is 0 Å².